The van der Waals surface area contributed by atoms with Gasteiger partial charge in [0.1, 0.15) is 12.4 Å². The van der Waals surface area contributed by atoms with Crippen LogP contribution in [0.5, 0.6) is 5.75 Å². The second kappa shape index (κ2) is 7.46. The third kappa shape index (κ3) is 4.74. The van der Waals surface area contributed by atoms with E-state index in [0.29, 0.717) is 11.6 Å². The van der Waals surface area contributed by atoms with E-state index < -0.39 is 0 Å². The minimum Gasteiger partial charge on any atom is -0.492 e. The first-order chi connectivity index (χ1) is 10.1. The zero-order valence-electron chi connectivity index (χ0n) is 12.4. The SMILES string of the molecule is Cc1ccc(C)c(CC(COc2ccc(Cl)cc2)NN)c1. The van der Waals surface area contributed by atoms with Crippen molar-refractivity contribution in [3.8, 4) is 5.75 Å². The van der Waals surface area contributed by atoms with Crippen LogP contribution in [-0.4, -0.2) is 12.6 Å². The molecule has 0 saturated heterocycles. The van der Waals surface area contributed by atoms with Gasteiger partial charge in [-0.3, -0.25) is 11.3 Å². The second-order valence-electron chi connectivity index (χ2n) is 5.26. The van der Waals surface area contributed by atoms with Crippen LogP contribution in [0.15, 0.2) is 42.5 Å². The first-order valence-electron chi connectivity index (χ1n) is 6.99. The first-order valence-corrected chi connectivity index (χ1v) is 7.37. The van der Waals surface area contributed by atoms with E-state index in [-0.39, 0.29) is 6.04 Å². The maximum Gasteiger partial charge on any atom is 0.119 e. The highest BCUT2D eigenvalue weighted by molar-refractivity contribution is 6.30. The van der Waals surface area contributed by atoms with Crippen LogP contribution in [0.1, 0.15) is 16.7 Å². The maximum absolute atomic E-state index is 5.85. The molecule has 2 aromatic carbocycles. The van der Waals surface area contributed by atoms with Crippen molar-refractivity contribution >= 4 is 11.6 Å². The Labute approximate surface area is 131 Å². The van der Waals surface area contributed by atoms with Crippen LogP contribution >= 0.6 is 11.6 Å². The molecule has 0 radical (unpaired) electrons. The average Bonchev–Trinajstić information content (AvgIpc) is 2.48. The summed E-state index contributed by atoms with van der Waals surface area (Å²) in [4.78, 5) is 0. The molecule has 3 nitrogen and oxygen atoms in total. The molecule has 3 N–H and O–H groups in total. The summed E-state index contributed by atoms with van der Waals surface area (Å²) in [7, 11) is 0. The van der Waals surface area contributed by atoms with Gasteiger partial charge in [0.25, 0.3) is 0 Å². The van der Waals surface area contributed by atoms with E-state index >= 15 is 0 Å². The van der Waals surface area contributed by atoms with Gasteiger partial charge in [-0.2, -0.15) is 0 Å². The Bertz CT molecular complexity index is 584. The summed E-state index contributed by atoms with van der Waals surface area (Å²) in [5.74, 6) is 6.44. The van der Waals surface area contributed by atoms with Gasteiger partial charge in [0, 0.05) is 5.02 Å². The molecule has 0 aliphatic carbocycles. The Morgan fingerprint density at radius 1 is 1.14 bits per heavy atom. The van der Waals surface area contributed by atoms with E-state index in [1.54, 1.807) is 0 Å². The molecule has 0 aliphatic heterocycles. The molecule has 0 amide bonds. The van der Waals surface area contributed by atoms with Gasteiger partial charge in [0.05, 0.1) is 6.04 Å². The van der Waals surface area contributed by atoms with Crippen LogP contribution < -0.4 is 16.0 Å². The van der Waals surface area contributed by atoms with Crippen molar-refractivity contribution < 1.29 is 4.74 Å². The summed E-state index contributed by atoms with van der Waals surface area (Å²) >= 11 is 5.85. The lowest BCUT2D eigenvalue weighted by Crippen LogP contribution is -2.41. The summed E-state index contributed by atoms with van der Waals surface area (Å²) in [6.45, 7) is 4.71. The van der Waals surface area contributed by atoms with Crippen LogP contribution in [0.25, 0.3) is 0 Å². The van der Waals surface area contributed by atoms with E-state index in [9.17, 15) is 0 Å². The number of aryl methyl sites for hydroxylation is 2. The maximum atomic E-state index is 5.85. The molecule has 2 rings (SSSR count). The van der Waals surface area contributed by atoms with Crippen molar-refractivity contribution in [3.05, 3.63) is 64.2 Å². The number of halogens is 1. The third-order valence-electron chi connectivity index (χ3n) is 3.47. The van der Waals surface area contributed by atoms with Crippen molar-refractivity contribution in [1.82, 2.24) is 5.43 Å². The highest BCUT2D eigenvalue weighted by Gasteiger charge is 2.11. The molecule has 0 spiro atoms. The van der Waals surface area contributed by atoms with Crippen LogP contribution in [-0.2, 0) is 6.42 Å². The first kappa shape index (κ1) is 15.8. The number of ether oxygens (including phenoxy) is 1. The predicted molar refractivity (Wildman–Crippen MR) is 87.7 cm³/mol. The number of hydrazine groups is 1. The van der Waals surface area contributed by atoms with Gasteiger partial charge in [0.2, 0.25) is 0 Å². The number of hydrogen-bond donors (Lipinski definition) is 2. The molecule has 1 atom stereocenters. The van der Waals surface area contributed by atoms with Gasteiger partial charge in [-0.1, -0.05) is 35.4 Å². The fourth-order valence-electron chi connectivity index (χ4n) is 2.18. The zero-order valence-corrected chi connectivity index (χ0v) is 13.2. The lowest BCUT2D eigenvalue weighted by molar-refractivity contribution is 0.264. The fraction of sp³-hybridized carbons (Fsp3) is 0.294. The summed E-state index contributed by atoms with van der Waals surface area (Å²) in [6.07, 6.45) is 0.831. The highest BCUT2D eigenvalue weighted by atomic mass is 35.5. The largest absolute Gasteiger partial charge is 0.492 e. The van der Waals surface area contributed by atoms with Gasteiger partial charge in [0.15, 0.2) is 0 Å². The van der Waals surface area contributed by atoms with Crippen LogP contribution in [0.3, 0.4) is 0 Å². The molecular weight excluding hydrogens is 284 g/mol. The molecular formula is C17H21ClN2O. The van der Waals surface area contributed by atoms with Crippen molar-refractivity contribution in [3.63, 3.8) is 0 Å². The van der Waals surface area contributed by atoms with Crippen molar-refractivity contribution in [2.45, 2.75) is 26.3 Å². The topological polar surface area (TPSA) is 47.3 Å². The van der Waals surface area contributed by atoms with Crippen molar-refractivity contribution in [1.29, 1.82) is 0 Å². The highest BCUT2D eigenvalue weighted by Crippen LogP contribution is 2.17. The van der Waals surface area contributed by atoms with E-state index in [4.69, 9.17) is 22.2 Å². The number of hydrogen-bond acceptors (Lipinski definition) is 3. The average molecular weight is 305 g/mol. The van der Waals surface area contributed by atoms with Crippen LogP contribution in [0.2, 0.25) is 5.02 Å². The number of nitrogens with two attached hydrogens (primary N) is 1. The zero-order chi connectivity index (χ0) is 15.2. The van der Waals surface area contributed by atoms with E-state index in [2.05, 4.69) is 37.5 Å². The third-order valence-corrected chi connectivity index (χ3v) is 3.72. The molecule has 0 aromatic heterocycles. The Morgan fingerprint density at radius 3 is 2.52 bits per heavy atom. The monoisotopic (exact) mass is 304 g/mol. The Hall–Kier alpha value is -1.55. The van der Waals surface area contributed by atoms with E-state index in [1.165, 1.54) is 16.7 Å². The molecule has 0 bridgehead atoms. The molecule has 21 heavy (non-hydrogen) atoms. The van der Waals surface area contributed by atoms with Gasteiger partial charge < -0.3 is 4.74 Å². The molecule has 0 aliphatic rings. The molecule has 1 unspecified atom stereocenters. The van der Waals surface area contributed by atoms with Crippen molar-refractivity contribution in [2.75, 3.05) is 6.61 Å². The summed E-state index contributed by atoms with van der Waals surface area (Å²) < 4.78 is 5.76. The molecule has 4 heteroatoms. The quantitative estimate of drug-likeness (QED) is 0.635. The number of nitrogens with one attached hydrogen (secondary N) is 1. The normalized spacial score (nSPS) is 12.2. The van der Waals surface area contributed by atoms with Gasteiger partial charge in [-0.25, -0.2) is 0 Å². The molecule has 0 saturated carbocycles. The minimum absolute atomic E-state index is 0.0566. The minimum atomic E-state index is 0.0566. The predicted octanol–water partition coefficient (Wildman–Crippen LogP) is 3.41. The Morgan fingerprint density at radius 2 is 1.86 bits per heavy atom. The second-order valence-corrected chi connectivity index (χ2v) is 5.70. The van der Waals surface area contributed by atoms with Gasteiger partial charge in [-0.05, 0) is 55.7 Å². The molecule has 2 aromatic rings. The summed E-state index contributed by atoms with van der Waals surface area (Å²) in [5.41, 5.74) is 6.64. The fourth-order valence-corrected chi connectivity index (χ4v) is 2.31. The van der Waals surface area contributed by atoms with Gasteiger partial charge in [-0.15, -0.1) is 0 Å². The summed E-state index contributed by atoms with van der Waals surface area (Å²) in [6, 6.07) is 13.8. The lowest BCUT2D eigenvalue weighted by Gasteiger charge is -2.18. The smallest absolute Gasteiger partial charge is 0.119 e. The van der Waals surface area contributed by atoms with Crippen LogP contribution in [0.4, 0.5) is 0 Å². The van der Waals surface area contributed by atoms with E-state index in [1.807, 2.05) is 24.3 Å². The Balaban J connectivity index is 1.96. The van der Waals surface area contributed by atoms with E-state index in [0.717, 1.165) is 12.2 Å². The Kier molecular flexibility index (Phi) is 5.62. The standard InChI is InChI=1S/C17H21ClN2O/c1-12-3-4-13(2)14(9-12)10-16(20-19)11-21-17-7-5-15(18)6-8-17/h3-9,16,20H,10-11,19H2,1-2H3. The number of rotatable bonds is 6. The van der Waals surface area contributed by atoms with Crippen LogP contribution in [0, 0.1) is 13.8 Å². The van der Waals surface area contributed by atoms with Crippen molar-refractivity contribution in [2.24, 2.45) is 5.84 Å². The molecule has 0 fully saturated rings. The molecule has 112 valence electrons. The lowest BCUT2D eigenvalue weighted by atomic mass is 9.99. The van der Waals surface area contributed by atoms with Gasteiger partial charge >= 0.3 is 0 Å². The molecule has 0 heterocycles. The number of benzene rings is 2. The summed E-state index contributed by atoms with van der Waals surface area (Å²) in [5, 5.41) is 0.700.